The second-order valence-electron chi connectivity index (χ2n) is 3.94. The maximum absolute atomic E-state index is 6.24. The number of rotatable bonds is 1. The molecular weight excluding hydrogens is 200 g/mol. The van der Waals surface area contributed by atoms with Crippen LogP contribution < -0.4 is 4.90 Å². The Kier molecular flexibility index (Phi) is 2.63. The van der Waals surface area contributed by atoms with E-state index in [9.17, 15) is 0 Å². The maximum atomic E-state index is 6.24. The van der Waals surface area contributed by atoms with Gasteiger partial charge in [-0.3, -0.25) is 0 Å². The highest BCUT2D eigenvalue weighted by molar-refractivity contribution is 6.21. The van der Waals surface area contributed by atoms with Gasteiger partial charge in [0.15, 0.2) is 0 Å². The molecule has 0 radical (unpaired) electrons. The summed E-state index contributed by atoms with van der Waals surface area (Å²) >= 11 is 6.24. The summed E-state index contributed by atoms with van der Waals surface area (Å²) in [5.74, 6) is 1.66. The normalized spacial score (nSPS) is 28.1. The van der Waals surface area contributed by atoms with Crippen LogP contribution in [0, 0.1) is 5.92 Å². The Balaban J connectivity index is 2.10. The first kappa shape index (κ1) is 9.77. The van der Waals surface area contributed by atoms with E-state index in [0.717, 1.165) is 25.3 Å². The average molecular weight is 215 g/mol. The number of aromatic nitrogens is 3. The standard InChI is InChI=1S/C9H15ClN4/c1-7-3-4-14(6-8(7)10)9-5-11-12-13(9)2/h5,7-8H,3-4,6H2,1-2H3. The Morgan fingerprint density at radius 2 is 2.36 bits per heavy atom. The minimum Gasteiger partial charge on any atom is -0.354 e. The number of hydrogen-bond acceptors (Lipinski definition) is 3. The minimum absolute atomic E-state index is 0.235. The van der Waals surface area contributed by atoms with Gasteiger partial charge in [-0.2, -0.15) is 0 Å². The van der Waals surface area contributed by atoms with E-state index < -0.39 is 0 Å². The highest BCUT2D eigenvalue weighted by Crippen LogP contribution is 2.25. The fraction of sp³-hybridized carbons (Fsp3) is 0.778. The number of alkyl halides is 1. The maximum Gasteiger partial charge on any atom is 0.147 e. The summed E-state index contributed by atoms with van der Waals surface area (Å²) < 4.78 is 1.79. The van der Waals surface area contributed by atoms with Crippen LogP contribution in [-0.4, -0.2) is 33.5 Å². The summed E-state index contributed by atoms with van der Waals surface area (Å²) in [7, 11) is 1.91. The topological polar surface area (TPSA) is 34.0 Å². The Morgan fingerprint density at radius 3 is 2.93 bits per heavy atom. The SMILES string of the molecule is CC1CCN(c2cnnn2C)CC1Cl. The van der Waals surface area contributed by atoms with Crippen molar-refractivity contribution in [3.63, 3.8) is 0 Å². The van der Waals surface area contributed by atoms with Crippen molar-refractivity contribution in [3.05, 3.63) is 6.20 Å². The van der Waals surface area contributed by atoms with Crippen molar-refractivity contribution in [1.82, 2.24) is 15.0 Å². The van der Waals surface area contributed by atoms with E-state index >= 15 is 0 Å². The van der Waals surface area contributed by atoms with Crippen molar-refractivity contribution in [1.29, 1.82) is 0 Å². The summed E-state index contributed by atoms with van der Waals surface area (Å²) in [5.41, 5.74) is 0. The molecule has 1 aliphatic rings. The van der Waals surface area contributed by atoms with Crippen LogP contribution in [0.3, 0.4) is 0 Å². The Bertz CT molecular complexity index is 312. The second-order valence-corrected chi connectivity index (χ2v) is 4.50. The van der Waals surface area contributed by atoms with Gasteiger partial charge in [0.25, 0.3) is 0 Å². The van der Waals surface area contributed by atoms with Gasteiger partial charge in [0.2, 0.25) is 0 Å². The van der Waals surface area contributed by atoms with E-state index in [1.165, 1.54) is 0 Å². The number of hydrogen-bond donors (Lipinski definition) is 0. The van der Waals surface area contributed by atoms with Crippen LogP contribution in [0.1, 0.15) is 13.3 Å². The zero-order chi connectivity index (χ0) is 10.1. The first-order valence-corrected chi connectivity index (χ1v) is 5.36. The van der Waals surface area contributed by atoms with Crippen LogP contribution in [0.4, 0.5) is 5.82 Å². The van der Waals surface area contributed by atoms with E-state index in [-0.39, 0.29) is 5.38 Å². The minimum atomic E-state index is 0.235. The fourth-order valence-corrected chi connectivity index (χ4v) is 2.09. The molecule has 5 heteroatoms. The Morgan fingerprint density at radius 1 is 1.57 bits per heavy atom. The van der Waals surface area contributed by atoms with E-state index in [2.05, 4.69) is 22.1 Å². The van der Waals surface area contributed by atoms with E-state index in [1.54, 1.807) is 10.9 Å². The molecular formula is C9H15ClN4. The summed E-state index contributed by atoms with van der Waals surface area (Å²) in [6, 6.07) is 0. The van der Waals surface area contributed by atoms with Crippen LogP contribution in [0.5, 0.6) is 0 Å². The molecule has 78 valence electrons. The van der Waals surface area contributed by atoms with Gasteiger partial charge >= 0.3 is 0 Å². The van der Waals surface area contributed by atoms with Gasteiger partial charge in [-0.25, -0.2) is 4.68 Å². The summed E-state index contributed by atoms with van der Waals surface area (Å²) in [4.78, 5) is 2.25. The summed E-state index contributed by atoms with van der Waals surface area (Å²) in [5, 5.41) is 8.02. The van der Waals surface area contributed by atoms with Crippen molar-refractivity contribution in [2.75, 3.05) is 18.0 Å². The monoisotopic (exact) mass is 214 g/mol. The average Bonchev–Trinajstić information content (AvgIpc) is 2.57. The predicted molar refractivity (Wildman–Crippen MR) is 56.6 cm³/mol. The molecule has 0 amide bonds. The highest BCUT2D eigenvalue weighted by atomic mass is 35.5. The molecule has 0 N–H and O–H groups in total. The van der Waals surface area contributed by atoms with Crippen LogP contribution >= 0.6 is 11.6 Å². The molecule has 0 spiro atoms. The predicted octanol–water partition coefficient (Wildman–Crippen LogP) is 1.27. The Labute approximate surface area is 88.8 Å². The van der Waals surface area contributed by atoms with E-state index in [1.807, 2.05) is 7.05 Å². The molecule has 0 bridgehead atoms. The molecule has 1 fully saturated rings. The van der Waals surface area contributed by atoms with Crippen LogP contribution in [0.15, 0.2) is 6.20 Å². The van der Waals surface area contributed by atoms with Gasteiger partial charge in [0.1, 0.15) is 5.82 Å². The van der Waals surface area contributed by atoms with Crippen molar-refractivity contribution in [2.45, 2.75) is 18.7 Å². The third kappa shape index (κ3) is 1.71. The number of anilines is 1. The third-order valence-electron chi connectivity index (χ3n) is 2.88. The van der Waals surface area contributed by atoms with Crippen LogP contribution in [0.2, 0.25) is 0 Å². The third-order valence-corrected chi connectivity index (χ3v) is 3.45. The van der Waals surface area contributed by atoms with Gasteiger partial charge in [0.05, 0.1) is 11.6 Å². The van der Waals surface area contributed by atoms with Gasteiger partial charge in [-0.1, -0.05) is 12.1 Å². The molecule has 1 aliphatic heterocycles. The first-order chi connectivity index (χ1) is 6.68. The van der Waals surface area contributed by atoms with Crippen molar-refractivity contribution in [3.8, 4) is 0 Å². The molecule has 0 saturated carbocycles. The quantitative estimate of drug-likeness (QED) is 0.661. The molecule has 2 heterocycles. The van der Waals surface area contributed by atoms with Crippen molar-refractivity contribution in [2.24, 2.45) is 13.0 Å². The van der Waals surface area contributed by atoms with E-state index in [4.69, 9.17) is 11.6 Å². The lowest BCUT2D eigenvalue weighted by Crippen LogP contribution is -2.41. The largest absolute Gasteiger partial charge is 0.354 e. The molecule has 1 saturated heterocycles. The van der Waals surface area contributed by atoms with Gasteiger partial charge < -0.3 is 4.90 Å². The number of piperidine rings is 1. The molecule has 2 unspecified atom stereocenters. The first-order valence-electron chi connectivity index (χ1n) is 4.92. The van der Waals surface area contributed by atoms with E-state index in [0.29, 0.717) is 5.92 Å². The van der Waals surface area contributed by atoms with Gasteiger partial charge in [0, 0.05) is 20.1 Å². The number of nitrogens with zero attached hydrogens (tertiary/aromatic N) is 4. The molecule has 4 nitrogen and oxygen atoms in total. The van der Waals surface area contributed by atoms with Crippen molar-refractivity contribution < 1.29 is 0 Å². The summed E-state index contributed by atoms with van der Waals surface area (Å²) in [6.45, 7) is 4.14. The highest BCUT2D eigenvalue weighted by Gasteiger charge is 2.25. The van der Waals surface area contributed by atoms with Gasteiger partial charge in [-0.15, -0.1) is 16.7 Å². The van der Waals surface area contributed by atoms with Crippen LogP contribution in [0.25, 0.3) is 0 Å². The molecule has 2 rings (SSSR count). The lowest BCUT2D eigenvalue weighted by Gasteiger charge is -2.34. The smallest absolute Gasteiger partial charge is 0.147 e. The lowest BCUT2D eigenvalue weighted by atomic mass is 9.99. The fourth-order valence-electron chi connectivity index (χ4n) is 1.80. The molecule has 0 aromatic carbocycles. The molecule has 2 atom stereocenters. The molecule has 1 aromatic rings. The number of aryl methyl sites for hydroxylation is 1. The molecule has 1 aromatic heterocycles. The number of halogens is 1. The second kappa shape index (κ2) is 3.77. The summed E-state index contributed by atoms with van der Waals surface area (Å²) in [6.07, 6.45) is 2.93. The molecule has 0 aliphatic carbocycles. The Hall–Kier alpha value is -0.770. The van der Waals surface area contributed by atoms with Crippen LogP contribution in [-0.2, 0) is 7.05 Å². The molecule has 14 heavy (non-hydrogen) atoms. The van der Waals surface area contributed by atoms with Gasteiger partial charge in [-0.05, 0) is 12.3 Å². The zero-order valence-electron chi connectivity index (χ0n) is 8.52. The lowest BCUT2D eigenvalue weighted by molar-refractivity contribution is 0.440. The van der Waals surface area contributed by atoms with Crippen molar-refractivity contribution >= 4 is 17.4 Å². The zero-order valence-corrected chi connectivity index (χ0v) is 9.28.